The lowest BCUT2D eigenvalue weighted by Gasteiger charge is -2.28. The van der Waals surface area contributed by atoms with E-state index in [1.54, 1.807) is 4.90 Å². The zero-order valence-corrected chi connectivity index (χ0v) is 15.2. The van der Waals surface area contributed by atoms with Gasteiger partial charge in [-0.2, -0.15) is 0 Å². The van der Waals surface area contributed by atoms with E-state index in [0.29, 0.717) is 19.3 Å². The first-order valence-corrected chi connectivity index (χ1v) is 9.88. The molecule has 4 N–H and O–H groups in total. The molecule has 0 bridgehead atoms. The Hall–Kier alpha value is -0.980. The zero-order valence-electron chi connectivity index (χ0n) is 15.2. The van der Waals surface area contributed by atoms with Crippen molar-refractivity contribution in [1.29, 1.82) is 0 Å². The maximum Gasteiger partial charge on any atom is 0.126 e. The monoisotopic (exact) mass is 350 g/mol. The molecule has 0 amide bonds. The van der Waals surface area contributed by atoms with Gasteiger partial charge in [0.2, 0.25) is 0 Å². The van der Waals surface area contributed by atoms with Crippen molar-refractivity contribution in [2.75, 3.05) is 39.5 Å². The van der Waals surface area contributed by atoms with Crippen LogP contribution in [0, 0.1) is 0 Å². The minimum atomic E-state index is -0.379. The Labute approximate surface area is 151 Å². The minimum Gasteiger partial charge on any atom is -0.385 e. The van der Waals surface area contributed by atoms with E-state index in [2.05, 4.69) is 35.6 Å². The standard InChI is InChI=1S/C20H32N2O3/c23-19(15-24-16-20-7-4-12-25-20)13-21-18-8-10-22(11-9-18)14-17-5-2-1-3-6-17/h1-3,5-6,18-21,23H,4,7-16H2/p+2/t19-,20-/m0/s1. The lowest BCUT2D eigenvalue weighted by molar-refractivity contribution is -0.926. The van der Waals surface area contributed by atoms with Gasteiger partial charge in [-0.1, -0.05) is 30.3 Å². The van der Waals surface area contributed by atoms with Gasteiger partial charge < -0.3 is 24.8 Å². The smallest absolute Gasteiger partial charge is 0.126 e. The fraction of sp³-hybridized carbons (Fsp3) is 0.700. The molecule has 0 radical (unpaired) electrons. The van der Waals surface area contributed by atoms with Crippen LogP contribution in [0.1, 0.15) is 31.2 Å². The number of hydrogen-bond donors (Lipinski definition) is 3. The Morgan fingerprint density at radius 1 is 1.20 bits per heavy atom. The normalized spacial score (nSPS) is 28.1. The second kappa shape index (κ2) is 10.2. The van der Waals surface area contributed by atoms with Crippen LogP contribution in [-0.4, -0.2) is 62.8 Å². The molecule has 3 rings (SSSR count). The Morgan fingerprint density at radius 2 is 2.00 bits per heavy atom. The number of nitrogens with two attached hydrogens (primary N) is 1. The molecule has 0 spiro atoms. The molecule has 0 unspecified atom stereocenters. The van der Waals surface area contributed by atoms with Crippen molar-refractivity contribution in [1.82, 2.24) is 0 Å². The van der Waals surface area contributed by atoms with Gasteiger partial charge in [-0.3, -0.25) is 0 Å². The summed E-state index contributed by atoms with van der Waals surface area (Å²) in [5, 5.41) is 12.4. The Balaban J connectivity index is 1.24. The number of nitrogens with one attached hydrogen (secondary N) is 1. The van der Waals surface area contributed by atoms with Crippen molar-refractivity contribution < 1.29 is 24.8 Å². The third kappa shape index (κ3) is 6.68. The summed E-state index contributed by atoms with van der Waals surface area (Å²) in [6.45, 7) is 6.23. The summed E-state index contributed by atoms with van der Waals surface area (Å²) < 4.78 is 11.1. The summed E-state index contributed by atoms with van der Waals surface area (Å²) >= 11 is 0. The lowest BCUT2D eigenvalue weighted by Crippen LogP contribution is -3.13. The van der Waals surface area contributed by atoms with Gasteiger partial charge in [-0.15, -0.1) is 0 Å². The Bertz CT molecular complexity index is 471. The van der Waals surface area contributed by atoms with Crippen molar-refractivity contribution in [3.63, 3.8) is 0 Å². The second-order valence-corrected chi connectivity index (χ2v) is 7.55. The average molecular weight is 351 g/mol. The molecule has 2 atom stereocenters. The Kier molecular flexibility index (Phi) is 7.70. The van der Waals surface area contributed by atoms with Crippen molar-refractivity contribution in [3.05, 3.63) is 35.9 Å². The number of likely N-dealkylation sites (tertiary alicyclic amines) is 1. The maximum absolute atomic E-state index is 10.1. The van der Waals surface area contributed by atoms with Gasteiger partial charge in [0.15, 0.2) is 0 Å². The van der Waals surface area contributed by atoms with Gasteiger partial charge >= 0.3 is 0 Å². The first-order valence-electron chi connectivity index (χ1n) is 9.88. The number of hydrogen-bond acceptors (Lipinski definition) is 3. The summed E-state index contributed by atoms with van der Waals surface area (Å²) in [7, 11) is 0. The highest BCUT2D eigenvalue weighted by molar-refractivity contribution is 5.13. The molecule has 2 fully saturated rings. The third-order valence-corrected chi connectivity index (χ3v) is 5.41. The van der Waals surface area contributed by atoms with Crippen molar-refractivity contribution in [3.8, 4) is 0 Å². The molecule has 0 saturated carbocycles. The van der Waals surface area contributed by atoms with Gasteiger partial charge in [-0.25, -0.2) is 0 Å². The molecule has 5 heteroatoms. The number of piperidine rings is 1. The number of benzene rings is 1. The first kappa shape index (κ1) is 18.8. The summed E-state index contributed by atoms with van der Waals surface area (Å²) in [5.41, 5.74) is 1.43. The van der Waals surface area contributed by atoms with E-state index in [1.807, 2.05) is 0 Å². The molecule has 2 aliphatic rings. The number of rotatable bonds is 9. The number of aliphatic hydroxyl groups is 1. The molecule has 1 aromatic rings. The highest BCUT2D eigenvalue weighted by Crippen LogP contribution is 2.11. The highest BCUT2D eigenvalue weighted by atomic mass is 16.5. The van der Waals surface area contributed by atoms with Crippen LogP contribution in [0.25, 0.3) is 0 Å². The molecule has 0 aromatic heterocycles. The van der Waals surface area contributed by atoms with Gasteiger partial charge in [0.25, 0.3) is 0 Å². The van der Waals surface area contributed by atoms with Gasteiger partial charge in [0.1, 0.15) is 19.2 Å². The average Bonchev–Trinajstić information content (AvgIpc) is 3.15. The first-order chi connectivity index (χ1) is 12.3. The number of aliphatic hydroxyl groups excluding tert-OH is 1. The maximum atomic E-state index is 10.1. The van der Waals surface area contributed by atoms with Crippen LogP contribution >= 0.6 is 0 Å². The van der Waals surface area contributed by atoms with E-state index >= 15 is 0 Å². The SMILES string of the molecule is O[C@@H](C[NH2+]C1CC[NH+](Cc2ccccc2)CC1)COC[C@@H]1CCCO1. The lowest BCUT2D eigenvalue weighted by atomic mass is 10.0. The molecular weight excluding hydrogens is 316 g/mol. The van der Waals surface area contributed by atoms with E-state index in [-0.39, 0.29) is 12.2 Å². The van der Waals surface area contributed by atoms with E-state index in [9.17, 15) is 5.11 Å². The van der Waals surface area contributed by atoms with Crippen molar-refractivity contribution in [2.45, 2.75) is 50.5 Å². The Morgan fingerprint density at radius 3 is 2.72 bits per heavy atom. The summed E-state index contributed by atoms with van der Waals surface area (Å²) in [4.78, 5) is 1.68. The quantitative estimate of drug-likeness (QED) is 0.555. The second-order valence-electron chi connectivity index (χ2n) is 7.55. The predicted octanol–water partition coefficient (Wildman–Crippen LogP) is -0.646. The highest BCUT2D eigenvalue weighted by Gasteiger charge is 2.25. The summed E-state index contributed by atoms with van der Waals surface area (Å²) in [6, 6.07) is 11.4. The molecule has 2 heterocycles. The van der Waals surface area contributed by atoms with E-state index in [1.165, 1.54) is 31.5 Å². The molecule has 0 aliphatic carbocycles. The number of quaternary nitrogens is 2. The topological polar surface area (TPSA) is 59.7 Å². The largest absolute Gasteiger partial charge is 0.385 e. The fourth-order valence-electron chi connectivity index (χ4n) is 3.87. The molecule has 140 valence electrons. The zero-order chi connectivity index (χ0) is 17.3. The molecule has 5 nitrogen and oxygen atoms in total. The van der Waals surface area contributed by atoms with Crippen LogP contribution in [0.5, 0.6) is 0 Å². The third-order valence-electron chi connectivity index (χ3n) is 5.41. The van der Waals surface area contributed by atoms with Gasteiger partial charge in [0.05, 0.1) is 38.4 Å². The van der Waals surface area contributed by atoms with Crippen LogP contribution in [0.15, 0.2) is 30.3 Å². The van der Waals surface area contributed by atoms with E-state index in [0.717, 1.165) is 32.5 Å². The van der Waals surface area contributed by atoms with Gasteiger partial charge in [0, 0.05) is 25.0 Å². The molecule has 2 saturated heterocycles. The van der Waals surface area contributed by atoms with Gasteiger partial charge in [-0.05, 0) is 12.8 Å². The van der Waals surface area contributed by atoms with Crippen LogP contribution in [-0.2, 0) is 16.0 Å². The fourth-order valence-corrected chi connectivity index (χ4v) is 3.87. The van der Waals surface area contributed by atoms with Crippen LogP contribution < -0.4 is 10.2 Å². The van der Waals surface area contributed by atoms with Crippen LogP contribution in [0.4, 0.5) is 0 Å². The molecular formula is C20H34N2O3+2. The molecule has 2 aliphatic heterocycles. The minimum absolute atomic E-state index is 0.244. The molecule has 1 aromatic carbocycles. The van der Waals surface area contributed by atoms with Crippen LogP contribution in [0.2, 0.25) is 0 Å². The summed E-state index contributed by atoms with van der Waals surface area (Å²) in [5.74, 6) is 0. The van der Waals surface area contributed by atoms with Crippen LogP contribution in [0.3, 0.4) is 0 Å². The van der Waals surface area contributed by atoms with E-state index in [4.69, 9.17) is 9.47 Å². The molecule has 25 heavy (non-hydrogen) atoms. The summed E-state index contributed by atoms with van der Waals surface area (Å²) in [6.07, 6.45) is 4.54. The van der Waals surface area contributed by atoms with E-state index < -0.39 is 0 Å². The predicted molar refractivity (Wildman–Crippen MR) is 96.5 cm³/mol. The van der Waals surface area contributed by atoms with Crippen molar-refractivity contribution >= 4 is 0 Å². The number of ether oxygens (including phenoxy) is 2. The van der Waals surface area contributed by atoms with Crippen molar-refractivity contribution in [2.24, 2.45) is 0 Å².